The van der Waals surface area contributed by atoms with Crippen molar-refractivity contribution in [2.75, 3.05) is 20.1 Å². The number of amides is 4. The number of rotatable bonds is 10. The molecule has 1 radical (unpaired) electrons. The zero-order chi connectivity index (χ0) is 27.1. The van der Waals surface area contributed by atoms with Crippen LogP contribution in [-0.4, -0.2) is 65.6 Å². The fraction of sp³-hybridized carbons (Fsp3) is 0.346. The van der Waals surface area contributed by atoms with Crippen LogP contribution in [-0.2, 0) is 32.0 Å². The highest BCUT2D eigenvalue weighted by molar-refractivity contribution is 6.42. The van der Waals surface area contributed by atoms with E-state index in [9.17, 15) is 23.6 Å². The van der Waals surface area contributed by atoms with Gasteiger partial charge in [0.1, 0.15) is 17.9 Å². The second-order valence-electron chi connectivity index (χ2n) is 8.70. The van der Waals surface area contributed by atoms with Gasteiger partial charge < -0.3 is 20.9 Å². The van der Waals surface area contributed by atoms with Crippen LogP contribution in [0.5, 0.6) is 0 Å². The Morgan fingerprint density at radius 3 is 2.41 bits per heavy atom. The van der Waals surface area contributed by atoms with E-state index in [0.717, 1.165) is 5.56 Å². The molecule has 2 atom stereocenters. The number of hydrogen-bond donors (Lipinski definition) is 2. The van der Waals surface area contributed by atoms with Crippen LogP contribution in [0.3, 0.4) is 0 Å². The van der Waals surface area contributed by atoms with Crippen molar-refractivity contribution in [2.45, 2.75) is 37.8 Å². The monoisotopic (exact) mass is 549 g/mol. The van der Waals surface area contributed by atoms with Crippen LogP contribution in [0.2, 0.25) is 10.0 Å². The first kappa shape index (κ1) is 28.4. The maximum absolute atomic E-state index is 13.6. The lowest BCUT2D eigenvalue weighted by Crippen LogP contribution is -2.63. The van der Waals surface area contributed by atoms with Crippen LogP contribution in [0.4, 0.5) is 4.39 Å². The predicted octanol–water partition coefficient (Wildman–Crippen LogP) is 2.54. The summed E-state index contributed by atoms with van der Waals surface area (Å²) < 4.78 is 13.2. The van der Waals surface area contributed by atoms with Gasteiger partial charge in [-0.3, -0.25) is 19.2 Å². The van der Waals surface area contributed by atoms with E-state index in [4.69, 9.17) is 28.9 Å². The molecule has 3 rings (SSSR count). The molecule has 3 N–H and O–H groups in total. The number of nitrogens with zero attached hydrogens (tertiary/aromatic N) is 2. The van der Waals surface area contributed by atoms with E-state index in [0.29, 0.717) is 15.6 Å². The van der Waals surface area contributed by atoms with Crippen LogP contribution in [0.25, 0.3) is 0 Å². The molecule has 2 aromatic rings. The van der Waals surface area contributed by atoms with Gasteiger partial charge in [0.15, 0.2) is 0 Å². The van der Waals surface area contributed by atoms with Gasteiger partial charge in [0, 0.05) is 33.0 Å². The van der Waals surface area contributed by atoms with Gasteiger partial charge in [0.05, 0.1) is 16.5 Å². The number of likely N-dealkylation sites (N-methyl/N-ethyl adjacent to an activating group) is 1. The molecule has 1 heterocycles. The molecule has 1 aliphatic rings. The second-order valence-corrected chi connectivity index (χ2v) is 9.52. The van der Waals surface area contributed by atoms with Gasteiger partial charge in [-0.05, 0) is 48.2 Å². The Kier molecular flexibility index (Phi) is 9.88. The standard InChI is InChI=1S/C26H28Cl2FN4O4/c1-31-25(36)22(15-17-4-8-19(27)20(28)14-17)33-13-12-32(21(26(33)37)9-10-23(30)34)24(35)11-5-16-2-6-18(29)7-3-16/h2-4,6-8,11,14,21-22H,5,9-10,12-13,15H2,1H3,(H2,30,34)(H,31,36). The average Bonchev–Trinajstić information content (AvgIpc) is 2.87. The fourth-order valence-corrected chi connectivity index (χ4v) is 4.60. The topological polar surface area (TPSA) is 113 Å². The van der Waals surface area contributed by atoms with Crippen molar-refractivity contribution < 1.29 is 23.6 Å². The van der Waals surface area contributed by atoms with Crippen LogP contribution in [0, 0.1) is 12.2 Å². The fourth-order valence-electron chi connectivity index (χ4n) is 4.28. The summed E-state index contributed by atoms with van der Waals surface area (Å²) in [5.41, 5.74) is 6.76. The number of nitrogens with two attached hydrogens (primary N) is 1. The summed E-state index contributed by atoms with van der Waals surface area (Å²) >= 11 is 12.1. The number of piperazine rings is 1. The highest BCUT2D eigenvalue weighted by Gasteiger charge is 2.41. The van der Waals surface area contributed by atoms with Crippen molar-refractivity contribution in [3.8, 4) is 0 Å². The smallest absolute Gasteiger partial charge is 0.246 e. The van der Waals surface area contributed by atoms with Gasteiger partial charge in [-0.15, -0.1) is 0 Å². The Morgan fingerprint density at radius 1 is 1.11 bits per heavy atom. The van der Waals surface area contributed by atoms with E-state index >= 15 is 0 Å². The minimum Gasteiger partial charge on any atom is -0.370 e. The first-order valence-electron chi connectivity index (χ1n) is 11.7. The molecule has 2 unspecified atom stereocenters. The maximum atomic E-state index is 13.6. The molecule has 4 amide bonds. The highest BCUT2D eigenvalue weighted by atomic mass is 35.5. The van der Waals surface area contributed by atoms with Crippen molar-refractivity contribution in [1.82, 2.24) is 15.1 Å². The van der Waals surface area contributed by atoms with E-state index in [1.807, 2.05) is 0 Å². The number of benzene rings is 2. The molecular formula is C26H28Cl2FN4O4. The van der Waals surface area contributed by atoms with Gasteiger partial charge >= 0.3 is 0 Å². The number of hydrogen-bond acceptors (Lipinski definition) is 4. The third-order valence-electron chi connectivity index (χ3n) is 6.24. The van der Waals surface area contributed by atoms with E-state index in [1.165, 1.54) is 35.4 Å². The first-order chi connectivity index (χ1) is 17.6. The summed E-state index contributed by atoms with van der Waals surface area (Å²) in [6, 6.07) is 8.89. The summed E-state index contributed by atoms with van der Waals surface area (Å²) in [7, 11) is 1.48. The Labute approximate surface area is 224 Å². The summed E-state index contributed by atoms with van der Waals surface area (Å²) in [5.74, 6) is -2.21. The Morgan fingerprint density at radius 2 is 1.78 bits per heavy atom. The summed E-state index contributed by atoms with van der Waals surface area (Å²) in [4.78, 5) is 53.9. The molecule has 0 saturated carbocycles. The Bertz CT molecular complexity index is 1160. The molecule has 0 aromatic heterocycles. The molecule has 1 fully saturated rings. The zero-order valence-corrected chi connectivity index (χ0v) is 21.8. The van der Waals surface area contributed by atoms with E-state index < -0.39 is 29.8 Å². The molecular weight excluding hydrogens is 522 g/mol. The Hall–Kier alpha value is -3.17. The highest BCUT2D eigenvalue weighted by Crippen LogP contribution is 2.26. The molecule has 1 aliphatic heterocycles. The molecule has 1 saturated heterocycles. The van der Waals surface area contributed by atoms with Gasteiger partial charge in [0.2, 0.25) is 23.6 Å². The lowest BCUT2D eigenvalue weighted by atomic mass is 9.98. The summed E-state index contributed by atoms with van der Waals surface area (Å²) in [6.45, 7) is 0.268. The van der Waals surface area contributed by atoms with Crippen molar-refractivity contribution in [2.24, 2.45) is 5.73 Å². The van der Waals surface area contributed by atoms with Crippen LogP contribution >= 0.6 is 23.2 Å². The van der Waals surface area contributed by atoms with Crippen LogP contribution < -0.4 is 11.1 Å². The van der Waals surface area contributed by atoms with Crippen molar-refractivity contribution >= 4 is 46.8 Å². The predicted molar refractivity (Wildman–Crippen MR) is 138 cm³/mol. The molecule has 197 valence electrons. The third kappa shape index (κ3) is 7.42. The van der Waals surface area contributed by atoms with E-state index in [-0.39, 0.29) is 50.5 Å². The van der Waals surface area contributed by atoms with E-state index in [1.54, 1.807) is 30.3 Å². The molecule has 2 aromatic carbocycles. The zero-order valence-electron chi connectivity index (χ0n) is 20.3. The second kappa shape index (κ2) is 12.9. The van der Waals surface area contributed by atoms with Gasteiger partial charge in [0.25, 0.3) is 0 Å². The molecule has 0 aliphatic carbocycles. The minimum absolute atomic E-state index is 0.0219. The number of primary amides is 1. The Balaban J connectivity index is 1.80. The van der Waals surface area contributed by atoms with Crippen LogP contribution in [0.1, 0.15) is 24.0 Å². The normalized spacial score (nSPS) is 16.4. The largest absolute Gasteiger partial charge is 0.370 e. The van der Waals surface area contributed by atoms with Crippen LogP contribution in [0.15, 0.2) is 42.5 Å². The van der Waals surface area contributed by atoms with Crippen molar-refractivity contribution in [1.29, 1.82) is 0 Å². The number of halogens is 3. The first-order valence-corrected chi connectivity index (χ1v) is 12.5. The number of carbonyl (C=O) groups excluding carboxylic acids is 4. The van der Waals surface area contributed by atoms with E-state index in [2.05, 4.69) is 5.32 Å². The van der Waals surface area contributed by atoms with Crippen molar-refractivity contribution in [3.63, 3.8) is 0 Å². The van der Waals surface area contributed by atoms with Gasteiger partial charge in [-0.25, -0.2) is 4.39 Å². The van der Waals surface area contributed by atoms with Gasteiger partial charge in [-0.2, -0.15) is 0 Å². The number of carbonyl (C=O) groups is 4. The quantitative estimate of drug-likeness (QED) is 0.474. The number of nitrogens with one attached hydrogen (secondary N) is 1. The molecule has 0 spiro atoms. The minimum atomic E-state index is -0.973. The lowest BCUT2D eigenvalue weighted by molar-refractivity contribution is -0.155. The maximum Gasteiger partial charge on any atom is 0.246 e. The summed E-state index contributed by atoms with van der Waals surface area (Å²) in [5, 5.41) is 3.29. The molecule has 11 heteroatoms. The summed E-state index contributed by atoms with van der Waals surface area (Å²) in [6.07, 6.45) is 1.75. The lowest BCUT2D eigenvalue weighted by Gasteiger charge is -2.43. The SMILES string of the molecule is CNC(=O)C(Cc1ccc(Cl)c(Cl)c1)N1CCN(C(=O)[CH]Cc2ccc(F)cc2)C(CCC(N)=O)C1=O. The molecule has 8 nitrogen and oxygen atoms in total. The molecule has 37 heavy (non-hydrogen) atoms. The third-order valence-corrected chi connectivity index (χ3v) is 6.98. The molecule has 0 bridgehead atoms. The van der Waals surface area contributed by atoms with Crippen molar-refractivity contribution in [3.05, 3.63) is 75.9 Å². The van der Waals surface area contributed by atoms with Gasteiger partial charge in [-0.1, -0.05) is 41.4 Å². The average molecular weight is 550 g/mol.